The number of carbonyl (C=O) groups excluding carboxylic acids is 2. The van der Waals surface area contributed by atoms with Crippen molar-refractivity contribution in [1.82, 2.24) is 14.5 Å². The van der Waals surface area contributed by atoms with E-state index in [0.29, 0.717) is 29.7 Å². The van der Waals surface area contributed by atoms with E-state index in [2.05, 4.69) is 4.98 Å². The number of thiophene rings is 1. The molecule has 0 aromatic carbocycles. The standard InChI is InChI=1S/C15H18N4O3S/c1-8-9(2)23-14-12(8)15(22)19(7-17-14)6-11(20)18-4-3-10(5-18)13(16)21/h7,10H,3-6H2,1-2H3,(H2,16,21). The molecule has 0 aliphatic carbocycles. The molecule has 2 N–H and O–H groups in total. The van der Waals surface area contributed by atoms with Crippen molar-refractivity contribution in [3.05, 3.63) is 27.1 Å². The molecule has 8 heteroatoms. The normalized spacial score (nSPS) is 17.8. The highest BCUT2D eigenvalue weighted by atomic mass is 32.1. The van der Waals surface area contributed by atoms with Crippen LogP contribution >= 0.6 is 11.3 Å². The molecule has 1 atom stereocenters. The first kappa shape index (κ1) is 15.7. The molecular formula is C15H18N4O3S. The number of hydrogen-bond donors (Lipinski definition) is 1. The molecule has 0 saturated carbocycles. The largest absolute Gasteiger partial charge is 0.369 e. The van der Waals surface area contributed by atoms with Crippen LogP contribution in [0, 0.1) is 19.8 Å². The summed E-state index contributed by atoms with van der Waals surface area (Å²) >= 11 is 1.48. The number of nitrogens with zero attached hydrogens (tertiary/aromatic N) is 3. The van der Waals surface area contributed by atoms with Gasteiger partial charge in [0.1, 0.15) is 11.4 Å². The molecule has 1 aliphatic heterocycles. The molecule has 0 bridgehead atoms. The molecule has 2 amide bonds. The van der Waals surface area contributed by atoms with E-state index in [0.717, 1.165) is 10.4 Å². The minimum absolute atomic E-state index is 0.0679. The highest BCUT2D eigenvalue weighted by molar-refractivity contribution is 7.18. The van der Waals surface area contributed by atoms with Gasteiger partial charge < -0.3 is 10.6 Å². The number of fused-ring (bicyclic) bond motifs is 1. The Morgan fingerprint density at radius 3 is 2.83 bits per heavy atom. The van der Waals surface area contributed by atoms with E-state index >= 15 is 0 Å². The quantitative estimate of drug-likeness (QED) is 0.879. The summed E-state index contributed by atoms with van der Waals surface area (Å²) in [7, 11) is 0. The molecule has 0 radical (unpaired) electrons. The Bertz CT molecular complexity index is 854. The number of likely N-dealkylation sites (tertiary alicyclic amines) is 1. The predicted octanol–water partition coefficient (Wildman–Crippen LogP) is 0.409. The summed E-state index contributed by atoms with van der Waals surface area (Å²) in [6.07, 6.45) is 2.00. The lowest BCUT2D eigenvalue weighted by Crippen LogP contribution is -2.36. The Balaban J connectivity index is 1.83. The molecule has 0 spiro atoms. The summed E-state index contributed by atoms with van der Waals surface area (Å²) < 4.78 is 1.33. The topological polar surface area (TPSA) is 98.3 Å². The average molecular weight is 334 g/mol. The second kappa shape index (κ2) is 5.77. The summed E-state index contributed by atoms with van der Waals surface area (Å²) in [6.45, 7) is 4.59. The van der Waals surface area contributed by atoms with Crippen LogP contribution in [0.5, 0.6) is 0 Å². The van der Waals surface area contributed by atoms with Gasteiger partial charge in [0.15, 0.2) is 0 Å². The molecule has 1 fully saturated rings. The SMILES string of the molecule is Cc1sc2ncn(CC(=O)N3CCC(C(N)=O)C3)c(=O)c2c1C. The molecule has 122 valence electrons. The van der Waals surface area contributed by atoms with Gasteiger partial charge >= 0.3 is 0 Å². The maximum absolute atomic E-state index is 12.6. The highest BCUT2D eigenvalue weighted by Crippen LogP contribution is 2.25. The van der Waals surface area contributed by atoms with Crippen LogP contribution in [0.4, 0.5) is 0 Å². The highest BCUT2D eigenvalue weighted by Gasteiger charge is 2.29. The van der Waals surface area contributed by atoms with Gasteiger partial charge in [0, 0.05) is 18.0 Å². The molecule has 1 saturated heterocycles. The van der Waals surface area contributed by atoms with E-state index in [4.69, 9.17) is 5.73 Å². The fourth-order valence-electron chi connectivity index (χ4n) is 2.85. The number of amides is 2. The molecule has 1 aliphatic rings. The minimum Gasteiger partial charge on any atom is -0.369 e. The van der Waals surface area contributed by atoms with E-state index in [1.807, 2.05) is 13.8 Å². The van der Waals surface area contributed by atoms with Gasteiger partial charge in [-0.3, -0.25) is 19.0 Å². The number of hydrogen-bond acceptors (Lipinski definition) is 5. The molecule has 3 rings (SSSR count). The first-order valence-electron chi connectivity index (χ1n) is 7.40. The zero-order valence-electron chi connectivity index (χ0n) is 13.0. The van der Waals surface area contributed by atoms with Gasteiger partial charge in [-0.1, -0.05) is 0 Å². The third kappa shape index (κ3) is 2.74. The van der Waals surface area contributed by atoms with Gasteiger partial charge in [-0.25, -0.2) is 4.98 Å². The fourth-order valence-corrected chi connectivity index (χ4v) is 3.83. The fraction of sp³-hybridized carbons (Fsp3) is 0.467. The van der Waals surface area contributed by atoms with E-state index in [-0.39, 0.29) is 29.8 Å². The third-order valence-electron chi connectivity index (χ3n) is 4.40. The number of primary amides is 1. The van der Waals surface area contributed by atoms with E-state index in [9.17, 15) is 14.4 Å². The Morgan fingerprint density at radius 2 is 2.17 bits per heavy atom. The lowest BCUT2D eigenvalue weighted by molar-refractivity contribution is -0.131. The zero-order valence-corrected chi connectivity index (χ0v) is 13.9. The zero-order chi connectivity index (χ0) is 16.7. The first-order valence-corrected chi connectivity index (χ1v) is 8.22. The van der Waals surface area contributed by atoms with Gasteiger partial charge in [-0.2, -0.15) is 0 Å². The Morgan fingerprint density at radius 1 is 1.43 bits per heavy atom. The van der Waals surface area contributed by atoms with Crippen molar-refractivity contribution in [2.45, 2.75) is 26.8 Å². The monoisotopic (exact) mass is 334 g/mol. The van der Waals surface area contributed by atoms with Crippen molar-refractivity contribution in [1.29, 1.82) is 0 Å². The summed E-state index contributed by atoms with van der Waals surface area (Å²) in [4.78, 5) is 43.7. The van der Waals surface area contributed by atoms with Crippen LogP contribution in [-0.4, -0.2) is 39.4 Å². The number of aryl methyl sites for hydroxylation is 2. The Hall–Kier alpha value is -2.22. The van der Waals surface area contributed by atoms with Crippen LogP contribution in [0.3, 0.4) is 0 Å². The van der Waals surface area contributed by atoms with Crippen molar-refractivity contribution >= 4 is 33.4 Å². The number of aromatic nitrogens is 2. The van der Waals surface area contributed by atoms with Gasteiger partial charge in [0.05, 0.1) is 17.6 Å². The van der Waals surface area contributed by atoms with Gasteiger partial charge in [0.25, 0.3) is 5.56 Å². The van der Waals surface area contributed by atoms with Crippen molar-refractivity contribution in [3.63, 3.8) is 0 Å². The van der Waals surface area contributed by atoms with Crippen molar-refractivity contribution < 1.29 is 9.59 Å². The summed E-state index contributed by atoms with van der Waals surface area (Å²) in [5.74, 6) is -0.871. The molecule has 1 unspecified atom stereocenters. The van der Waals surface area contributed by atoms with Crippen LogP contribution in [-0.2, 0) is 16.1 Å². The van der Waals surface area contributed by atoms with Crippen molar-refractivity contribution in [2.75, 3.05) is 13.1 Å². The lowest BCUT2D eigenvalue weighted by atomic mass is 10.1. The third-order valence-corrected chi connectivity index (χ3v) is 5.52. The Kier molecular flexibility index (Phi) is 3.93. The van der Waals surface area contributed by atoms with Crippen LogP contribution < -0.4 is 11.3 Å². The van der Waals surface area contributed by atoms with Gasteiger partial charge in [-0.15, -0.1) is 11.3 Å². The van der Waals surface area contributed by atoms with Gasteiger partial charge in [-0.05, 0) is 25.8 Å². The molecule has 23 heavy (non-hydrogen) atoms. The molecule has 3 heterocycles. The smallest absolute Gasteiger partial charge is 0.262 e. The van der Waals surface area contributed by atoms with E-state index < -0.39 is 0 Å². The van der Waals surface area contributed by atoms with E-state index in [1.165, 1.54) is 22.2 Å². The number of nitrogens with two attached hydrogens (primary N) is 1. The average Bonchev–Trinajstić information content (AvgIpc) is 3.09. The van der Waals surface area contributed by atoms with Crippen LogP contribution in [0.25, 0.3) is 10.2 Å². The van der Waals surface area contributed by atoms with Crippen molar-refractivity contribution in [2.24, 2.45) is 11.7 Å². The maximum atomic E-state index is 12.6. The minimum atomic E-state index is -0.384. The van der Waals surface area contributed by atoms with Crippen molar-refractivity contribution in [3.8, 4) is 0 Å². The second-order valence-electron chi connectivity index (χ2n) is 5.87. The Labute approximate surface area is 136 Å². The first-order chi connectivity index (χ1) is 10.9. The number of carbonyl (C=O) groups is 2. The summed E-state index contributed by atoms with van der Waals surface area (Å²) in [5, 5.41) is 0.583. The maximum Gasteiger partial charge on any atom is 0.262 e. The summed E-state index contributed by atoms with van der Waals surface area (Å²) in [5.41, 5.74) is 5.99. The summed E-state index contributed by atoms with van der Waals surface area (Å²) in [6, 6.07) is 0. The predicted molar refractivity (Wildman–Crippen MR) is 87.2 cm³/mol. The van der Waals surface area contributed by atoms with Crippen LogP contribution in [0.1, 0.15) is 16.9 Å². The van der Waals surface area contributed by atoms with E-state index in [1.54, 1.807) is 4.90 Å². The molecule has 2 aromatic heterocycles. The number of rotatable bonds is 3. The van der Waals surface area contributed by atoms with Gasteiger partial charge in [0.2, 0.25) is 11.8 Å². The lowest BCUT2D eigenvalue weighted by Gasteiger charge is -2.16. The second-order valence-corrected chi connectivity index (χ2v) is 7.07. The van der Waals surface area contributed by atoms with Crippen LogP contribution in [0.15, 0.2) is 11.1 Å². The molecule has 7 nitrogen and oxygen atoms in total. The molecular weight excluding hydrogens is 316 g/mol. The van der Waals surface area contributed by atoms with Crippen LogP contribution in [0.2, 0.25) is 0 Å². The molecule has 2 aromatic rings.